The fourth-order valence-electron chi connectivity index (χ4n) is 3.94. The molecule has 170 valence electrons. The summed E-state index contributed by atoms with van der Waals surface area (Å²) >= 11 is 0. The van der Waals surface area contributed by atoms with E-state index in [1.54, 1.807) is 4.40 Å². The summed E-state index contributed by atoms with van der Waals surface area (Å²) in [6.07, 6.45) is -1.99. The summed E-state index contributed by atoms with van der Waals surface area (Å²) in [6, 6.07) is 2.68. The van der Waals surface area contributed by atoms with E-state index in [1.807, 2.05) is 0 Å². The van der Waals surface area contributed by atoms with Gasteiger partial charge in [-0.3, -0.25) is 9.20 Å². The van der Waals surface area contributed by atoms with Crippen molar-refractivity contribution < 1.29 is 31.5 Å². The molecule has 1 atom stereocenters. The molecule has 1 amide bonds. The van der Waals surface area contributed by atoms with Crippen molar-refractivity contribution in [3.05, 3.63) is 65.1 Å². The number of rotatable bonds is 2. The van der Waals surface area contributed by atoms with Crippen molar-refractivity contribution in [2.24, 2.45) is 0 Å². The Labute approximate surface area is 182 Å². The predicted octanol–water partition coefficient (Wildman–Crippen LogP) is 3.97. The summed E-state index contributed by atoms with van der Waals surface area (Å²) in [6.45, 7) is -0.211. The number of aromatic nitrogens is 3. The lowest BCUT2D eigenvalue weighted by Crippen LogP contribution is -2.32. The molecule has 2 N–H and O–H groups in total. The van der Waals surface area contributed by atoms with E-state index in [2.05, 4.69) is 9.97 Å². The van der Waals surface area contributed by atoms with Crippen molar-refractivity contribution in [2.75, 3.05) is 19.4 Å². The first-order valence-electron chi connectivity index (χ1n) is 9.57. The molecule has 0 aliphatic carbocycles. The average molecular weight is 463 g/mol. The van der Waals surface area contributed by atoms with E-state index in [1.165, 1.54) is 25.6 Å². The number of hydrogen-bond donors (Lipinski definition) is 1. The average Bonchev–Trinajstić information content (AvgIpc) is 3.38. The van der Waals surface area contributed by atoms with Gasteiger partial charge in [0.25, 0.3) is 5.91 Å². The molecule has 12 heteroatoms. The smallest absolute Gasteiger partial charge is 0.419 e. The minimum Gasteiger partial charge on any atom is -0.491 e. The third-order valence-electron chi connectivity index (χ3n) is 5.64. The Morgan fingerprint density at radius 1 is 1.18 bits per heavy atom. The van der Waals surface area contributed by atoms with Crippen molar-refractivity contribution in [2.45, 2.75) is 12.2 Å². The number of alkyl halides is 3. The SMILES string of the molecule is CN(C(=O)c1cc2c(cc1F)nc(N)c1cncn12)C1COc2cc(C(F)(F)F)c(F)cc21. The van der Waals surface area contributed by atoms with Gasteiger partial charge in [-0.25, -0.2) is 18.7 Å². The lowest BCUT2D eigenvalue weighted by molar-refractivity contribution is -0.140. The molecule has 3 heterocycles. The number of benzene rings is 2. The Hall–Kier alpha value is -3.96. The Morgan fingerprint density at radius 2 is 1.94 bits per heavy atom. The number of imidazole rings is 1. The predicted molar refractivity (Wildman–Crippen MR) is 107 cm³/mol. The molecule has 7 nitrogen and oxygen atoms in total. The van der Waals surface area contributed by atoms with E-state index in [9.17, 15) is 26.7 Å². The number of nitrogen functional groups attached to an aromatic ring is 1. The van der Waals surface area contributed by atoms with Gasteiger partial charge in [0.2, 0.25) is 0 Å². The highest BCUT2D eigenvalue weighted by molar-refractivity contribution is 5.98. The number of anilines is 1. The molecule has 33 heavy (non-hydrogen) atoms. The number of ether oxygens (including phenoxy) is 1. The molecule has 0 saturated heterocycles. The summed E-state index contributed by atoms with van der Waals surface area (Å²) in [5, 5.41) is 0. The van der Waals surface area contributed by atoms with Gasteiger partial charge in [0.15, 0.2) is 0 Å². The number of halogens is 5. The monoisotopic (exact) mass is 463 g/mol. The van der Waals surface area contributed by atoms with Gasteiger partial charge in [0, 0.05) is 18.7 Å². The molecule has 5 rings (SSSR count). The molecule has 1 unspecified atom stereocenters. The van der Waals surface area contributed by atoms with Crippen molar-refractivity contribution in [3.8, 4) is 5.75 Å². The van der Waals surface area contributed by atoms with Gasteiger partial charge < -0.3 is 15.4 Å². The molecule has 1 aliphatic heterocycles. The van der Waals surface area contributed by atoms with Crippen LogP contribution in [0.25, 0.3) is 16.6 Å². The zero-order chi connectivity index (χ0) is 23.7. The molecular weight excluding hydrogens is 449 g/mol. The molecule has 0 saturated carbocycles. The fourth-order valence-corrected chi connectivity index (χ4v) is 3.94. The molecule has 1 aliphatic rings. The van der Waals surface area contributed by atoms with E-state index < -0.39 is 35.3 Å². The van der Waals surface area contributed by atoms with E-state index in [0.29, 0.717) is 23.2 Å². The molecule has 4 aromatic rings. The van der Waals surface area contributed by atoms with Crippen molar-refractivity contribution in [1.82, 2.24) is 19.3 Å². The standard InChI is InChI=1S/C21H14F5N5O2/c1-30(17-7-33-18-4-11(21(24,25)26)13(23)2-10(17)18)20(32)9-3-15-14(5-12(9)22)29-19(27)16-6-28-8-31(15)16/h2-6,8,17H,7H2,1H3,(H2,27,29). The quantitative estimate of drug-likeness (QED) is 0.455. The van der Waals surface area contributed by atoms with Gasteiger partial charge >= 0.3 is 6.18 Å². The molecule has 0 fully saturated rings. The van der Waals surface area contributed by atoms with Crippen molar-refractivity contribution in [3.63, 3.8) is 0 Å². The number of carbonyl (C=O) groups is 1. The number of hydrogen-bond acceptors (Lipinski definition) is 5. The summed E-state index contributed by atoms with van der Waals surface area (Å²) < 4.78 is 74.8. The zero-order valence-corrected chi connectivity index (χ0v) is 16.8. The summed E-state index contributed by atoms with van der Waals surface area (Å²) in [5.74, 6) is -3.19. The fraction of sp³-hybridized carbons (Fsp3) is 0.190. The summed E-state index contributed by atoms with van der Waals surface area (Å²) in [5.41, 5.74) is 5.18. The van der Waals surface area contributed by atoms with Crippen molar-refractivity contribution in [1.29, 1.82) is 0 Å². The minimum atomic E-state index is -4.90. The Bertz CT molecular complexity index is 1450. The Morgan fingerprint density at radius 3 is 2.67 bits per heavy atom. The molecular formula is C21H14F5N5O2. The highest BCUT2D eigenvalue weighted by Gasteiger charge is 2.39. The number of nitrogens with two attached hydrogens (primary N) is 1. The number of carbonyl (C=O) groups excluding carboxylic acids is 1. The zero-order valence-electron chi connectivity index (χ0n) is 16.8. The number of likely N-dealkylation sites (N-methyl/N-ethyl adjacent to an activating group) is 1. The van der Waals surface area contributed by atoms with Crippen LogP contribution in [0.2, 0.25) is 0 Å². The maximum absolute atomic E-state index is 14.8. The van der Waals surface area contributed by atoms with Crippen LogP contribution >= 0.6 is 0 Å². The van der Waals surface area contributed by atoms with Crippen LogP contribution < -0.4 is 10.5 Å². The lowest BCUT2D eigenvalue weighted by atomic mass is 10.0. The van der Waals surface area contributed by atoms with Crippen LogP contribution in [0.1, 0.15) is 27.5 Å². The second kappa shape index (κ2) is 7.02. The Kier molecular flexibility index (Phi) is 4.45. The molecule has 0 spiro atoms. The van der Waals surface area contributed by atoms with Crippen LogP contribution in [0.4, 0.5) is 27.8 Å². The van der Waals surface area contributed by atoms with Gasteiger partial charge in [0.05, 0.1) is 40.7 Å². The van der Waals surface area contributed by atoms with E-state index in [0.717, 1.165) is 11.0 Å². The second-order valence-corrected chi connectivity index (χ2v) is 7.58. The topological polar surface area (TPSA) is 85.8 Å². The summed E-state index contributed by atoms with van der Waals surface area (Å²) in [4.78, 5) is 22.4. The van der Waals surface area contributed by atoms with E-state index in [4.69, 9.17) is 10.5 Å². The lowest BCUT2D eigenvalue weighted by Gasteiger charge is -2.24. The van der Waals surface area contributed by atoms with Crippen LogP contribution in [0.5, 0.6) is 5.75 Å². The van der Waals surface area contributed by atoms with Crippen LogP contribution in [0.3, 0.4) is 0 Å². The van der Waals surface area contributed by atoms with E-state index >= 15 is 0 Å². The third kappa shape index (κ3) is 3.20. The van der Waals surface area contributed by atoms with Crippen LogP contribution in [-0.2, 0) is 6.18 Å². The first-order valence-corrected chi connectivity index (χ1v) is 9.57. The van der Waals surface area contributed by atoms with Gasteiger partial charge in [-0.15, -0.1) is 0 Å². The maximum atomic E-state index is 14.8. The van der Waals surface area contributed by atoms with Crippen molar-refractivity contribution >= 4 is 28.3 Å². The number of amides is 1. The highest BCUT2D eigenvalue weighted by Crippen LogP contribution is 2.42. The third-order valence-corrected chi connectivity index (χ3v) is 5.64. The number of fused-ring (bicyclic) bond motifs is 4. The molecule has 0 radical (unpaired) electrons. The molecule has 2 aromatic heterocycles. The first-order chi connectivity index (χ1) is 15.6. The number of nitrogens with zero attached hydrogens (tertiary/aromatic N) is 4. The van der Waals surface area contributed by atoms with Crippen LogP contribution in [0, 0.1) is 11.6 Å². The normalized spacial score (nSPS) is 15.6. The Balaban J connectivity index is 1.54. The molecule has 2 aromatic carbocycles. The highest BCUT2D eigenvalue weighted by atomic mass is 19.4. The van der Waals surface area contributed by atoms with Crippen LogP contribution in [-0.4, -0.2) is 38.8 Å². The second-order valence-electron chi connectivity index (χ2n) is 7.58. The van der Waals surface area contributed by atoms with Gasteiger partial charge in [0.1, 0.15) is 35.3 Å². The maximum Gasteiger partial charge on any atom is 0.419 e. The minimum absolute atomic E-state index is 0.0592. The molecule has 0 bridgehead atoms. The van der Waals surface area contributed by atoms with Crippen LogP contribution in [0.15, 0.2) is 36.8 Å². The summed E-state index contributed by atoms with van der Waals surface area (Å²) in [7, 11) is 1.33. The first kappa shape index (κ1) is 20.9. The largest absolute Gasteiger partial charge is 0.491 e. The van der Waals surface area contributed by atoms with E-state index in [-0.39, 0.29) is 34.8 Å². The van der Waals surface area contributed by atoms with Gasteiger partial charge in [-0.2, -0.15) is 13.2 Å². The van der Waals surface area contributed by atoms with Gasteiger partial charge in [-0.1, -0.05) is 0 Å². The van der Waals surface area contributed by atoms with Gasteiger partial charge in [-0.05, 0) is 18.2 Å².